The molecule has 8 heteroatoms. The number of benzene rings is 2. The molecule has 1 unspecified atom stereocenters. The van der Waals surface area contributed by atoms with Crippen LogP contribution in [0.25, 0.3) is 0 Å². The SMILES string of the molecule is CC(C)NC(=O)CSc1ccccc1C(=O)OC(C)C(=O)Nc1ccccc1F. The molecule has 0 heterocycles. The van der Waals surface area contributed by atoms with E-state index in [1.54, 1.807) is 30.3 Å². The molecule has 0 saturated carbocycles. The molecule has 0 bridgehead atoms. The van der Waals surface area contributed by atoms with Crippen molar-refractivity contribution >= 4 is 35.2 Å². The molecule has 0 fully saturated rings. The topological polar surface area (TPSA) is 84.5 Å². The molecule has 0 aliphatic heterocycles. The number of carbonyl (C=O) groups excluding carboxylic acids is 3. The van der Waals surface area contributed by atoms with Gasteiger partial charge in [-0.3, -0.25) is 9.59 Å². The van der Waals surface area contributed by atoms with Gasteiger partial charge in [0.25, 0.3) is 5.91 Å². The first-order valence-electron chi connectivity index (χ1n) is 9.05. The fraction of sp³-hybridized carbons (Fsp3) is 0.286. The Labute approximate surface area is 173 Å². The molecule has 0 radical (unpaired) electrons. The lowest BCUT2D eigenvalue weighted by molar-refractivity contribution is -0.123. The Hall–Kier alpha value is -2.87. The number of rotatable bonds is 8. The Kier molecular flexibility index (Phi) is 8.21. The number of hydrogen-bond acceptors (Lipinski definition) is 5. The highest BCUT2D eigenvalue weighted by atomic mass is 32.2. The van der Waals surface area contributed by atoms with Crippen molar-refractivity contribution in [3.63, 3.8) is 0 Å². The lowest BCUT2D eigenvalue weighted by Crippen LogP contribution is -2.31. The first-order chi connectivity index (χ1) is 13.8. The minimum atomic E-state index is -1.13. The van der Waals surface area contributed by atoms with Crippen LogP contribution in [0.1, 0.15) is 31.1 Å². The summed E-state index contributed by atoms with van der Waals surface area (Å²) in [7, 11) is 0. The standard InChI is InChI=1S/C21H23FN2O4S/c1-13(2)23-19(25)12-29-18-11-7-4-8-15(18)21(27)28-14(3)20(26)24-17-10-6-5-9-16(17)22/h4-11,13-14H,12H2,1-3H3,(H,23,25)(H,24,26). The molecule has 2 rings (SSSR count). The summed E-state index contributed by atoms with van der Waals surface area (Å²) in [6.45, 7) is 5.13. The van der Waals surface area contributed by atoms with Crippen molar-refractivity contribution in [3.8, 4) is 0 Å². The highest BCUT2D eigenvalue weighted by Crippen LogP contribution is 2.24. The van der Waals surface area contributed by atoms with E-state index in [2.05, 4.69) is 10.6 Å². The summed E-state index contributed by atoms with van der Waals surface area (Å²) >= 11 is 1.20. The Balaban J connectivity index is 2.00. The number of ether oxygens (including phenoxy) is 1. The average molecular weight is 418 g/mol. The van der Waals surface area contributed by atoms with E-state index in [0.717, 1.165) is 0 Å². The second-order valence-electron chi connectivity index (χ2n) is 6.52. The predicted octanol–water partition coefficient (Wildman–Crippen LogP) is 3.63. The number of esters is 1. The van der Waals surface area contributed by atoms with Crippen LogP contribution in [0.5, 0.6) is 0 Å². The summed E-state index contributed by atoms with van der Waals surface area (Å²) < 4.78 is 18.9. The second-order valence-corrected chi connectivity index (χ2v) is 7.54. The van der Waals surface area contributed by atoms with Gasteiger partial charge in [0.1, 0.15) is 5.82 Å². The van der Waals surface area contributed by atoms with Crippen LogP contribution in [-0.4, -0.2) is 35.7 Å². The number of anilines is 1. The molecule has 0 saturated heterocycles. The van der Waals surface area contributed by atoms with E-state index in [4.69, 9.17) is 4.74 Å². The van der Waals surface area contributed by atoms with Crippen molar-refractivity contribution in [2.75, 3.05) is 11.1 Å². The zero-order valence-corrected chi connectivity index (χ0v) is 17.2. The Morgan fingerprint density at radius 1 is 1.03 bits per heavy atom. The van der Waals surface area contributed by atoms with E-state index in [9.17, 15) is 18.8 Å². The predicted molar refractivity (Wildman–Crippen MR) is 110 cm³/mol. The van der Waals surface area contributed by atoms with Crippen LogP contribution in [0.15, 0.2) is 53.4 Å². The van der Waals surface area contributed by atoms with E-state index >= 15 is 0 Å². The number of nitrogens with one attached hydrogen (secondary N) is 2. The zero-order chi connectivity index (χ0) is 21.4. The summed E-state index contributed by atoms with van der Waals surface area (Å²) in [6, 6.07) is 12.4. The van der Waals surface area contributed by atoms with Crippen LogP contribution < -0.4 is 10.6 Å². The molecular weight excluding hydrogens is 395 g/mol. The van der Waals surface area contributed by atoms with Gasteiger partial charge in [0.15, 0.2) is 6.10 Å². The van der Waals surface area contributed by atoms with Gasteiger partial charge < -0.3 is 15.4 Å². The van der Waals surface area contributed by atoms with Crippen molar-refractivity contribution in [2.24, 2.45) is 0 Å². The van der Waals surface area contributed by atoms with Gasteiger partial charge in [-0.1, -0.05) is 24.3 Å². The van der Waals surface area contributed by atoms with E-state index in [1.165, 1.54) is 36.9 Å². The van der Waals surface area contributed by atoms with Crippen molar-refractivity contribution in [2.45, 2.75) is 37.8 Å². The van der Waals surface area contributed by atoms with Crippen LogP contribution in [-0.2, 0) is 14.3 Å². The smallest absolute Gasteiger partial charge is 0.340 e. The molecular formula is C21H23FN2O4S. The number of hydrogen-bond donors (Lipinski definition) is 2. The first-order valence-corrected chi connectivity index (χ1v) is 10.0. The molecule has 6 nitrogen and oxygen atoms in total. The van der Waals surface area contributed by atoms with E-state index in [-0.39, 0.29) is 29.0 Å². The maximum Gasteiger partial charge on any atom is 0.340 e. The number of carbonyl (C=O) groups is 3. The average Bonchev–Trinajstić information content (AvgIpc) is 2.67. The van der Waals surface area contributed by atoms with Crippen LogP contribution >= 0.6 is 11.8 Å². The van der Waals surface area contributed by atoms with Crippen LogP contribution in [0.4, 0.5) is 10.1 Å². The van der Waals surface area contributed by atoms with Crippen LogP contribution in [0, 0.1) is 5.82 Å². The molecule has 0 aliphatic rings. The van der Waals surface area contributed by atoms with Gasteiger partial charge in [-0.25, -0.2) is 9.18 Å². The lowest BCUT2D eigenvalue weighted by Gasteiger charge is -2.15. The highest BCUT2D eigenvalue weighted by molar-refractivity contribution is 8.00. The molecule has 1 atom stereocenters. The molecule has 0 spiro atoms. The summed E-state index contributed by atoms with van der Waals surface area (Å²) in [6.07, 6.45) is -1.13. The fourth-order valence-electron chi connectivity index (χ4n) is 2.34. The van der Waals surface area contributed by atoms with Crippen molar-refractivity contribution in [1.29, 1.82) is 0 Å². The lowest BCUT2D eigenvalue weighted by atomic mass is 10.2. The highest BCUT2D eigenvalue weighted by Gasteiger charge is 2.22. The number of halogens is 1. The van der Waals surface area contributed by atoms with Crippen molar-refractivity contribution in [1.82, 2.24) is 5.32 Å². The summed E-state index contributed by atoms with van der Waals surface area (Å²) in [5.74, 6) is -1.93. The molecule has 2 N–H and O–H groups in total. The third kappa shape index (κ3) is 6.90. The number of para-hydroxylation sites is 1. The Morgan fingerprint density at radius 2 is 1.69 bits per heavy atom. The van der Waals surface area contributed by atoms with Gasteiger partial charge in [-0.2, -0.15) is 0 Å². The summed E-state index contributed by atoms with van der Waals surface area (Å²) in [4.78, 5) is 37.2. The van der Waals surface area contributed by atoms with Crippen LogP contribution in [0.2, 0.25) is 0 Å². The third-order valence-corrected chi connectivity index (χ3v) is 4.77. The Morgan fingerprint density at radius 3 is 2.38 bits per heavy atom. The van der Waals surface area contributed by atoms with E-state index in [0.29, 0.717) is 4.90 Å². The van der Waals surface area contributed by atoms with E-state index < -0.39 is 23.8 Å². The minimum Gasteiger partial charge on any atom is -0.449 e. The summed E-state index contributed by atoms with van der Waals surface area (Å²) in [5, 5.41) is 5.17. The number of thioether (sulfide) groups is 1. The first kappa shape index (κ1) is 22.4. The molecule has 154 valence electrons. The number of amides is 2. The fourth-order valence-corrected chi connectivity index (χ4v) is 3.19. The van der Waals surface area contributed by atoms with Crippen molar-refractivity contribution in [3.05, 3.63) is 59.9 Å². The quantitative estimate of drug-likeness (QED) is 0.505. The molecule has 0 aromatic heterocycles. The maximum absolute atomic E-state index is 13.7. The van der Waals surface area contributed by atoms with Gasteiger partial charge in [-0.05, 0) is 45.0 Å². The molecule has 2 aromatic rings. The summed E-state index contributed by atoms with van der Waals surface area (Å²) in [5.41, 5.74) is 0.257. The third-order valence-electron chi connectivity index (χ3n) is 3.70. The van der Waals surface area contributed by atoms with Gasteiger partial charge in [-0.15, -0.1) is 11.8 Å². The Bertz CT molecular complexity index is 888. The molecule has 2 amide bonds. The van der Waals surface area contributed by atoms with Gasteiger partial charge in [0.2, 0.25) is 5.91 Å². The maximum atomic E-state index is 13.7. The van der Waals surface area contributed by atoms with Gasteiger partial charge in [0, 0.05) is 10.9 Å². The van der Waals surface area contributed by atoms with Crippen molar-refractivity contribution < 1.29 is 23.5 Å². The zero-order valence-electron chi connectivity index (χ0n) is 16.4. The molecule has 0 aliphatic carbocycles. The monoisotopic (exact) mass is 418 g/mol. The van der Waals surface area contributed by atoms with Gasteiger partial charge in [0.05, 0.1) is 17.0 Å². The van der Waals surface area contributed by atoms with Gasteiger partial charge >= 0.3 is 5.97 Å². The second kappa shape index (κ2) is 10.6. The molecule has 29 heavy (non-hydrogen) atoms. The largest absolute Gasteiger partial charge is 0.449 e. The van der Waals surface area contributed by atoms with Crippen LogP contribution in [0.3, 0.4) is 0 Å². The minimum absolute atomic E-state index is 0.00696. The normalized spacial score (nSPS) is 11.6. The van der Waals surface area contributed by atoms with E-state index in [1.807, 2.05) is 13.8 Å². The molecule has 2 aromatic carbocycles.